The fraction of sp³-hybridized carbons (Fsp3) is 0.733. The van der Waals surface area contributed by atoms with Gasteiger partial charge in [-0.15, -0.1) is 0 Å². The van der Waals surface area contributed by atoms with Crippen LogP contribution in [0.4, 0.5) is 5.95 Å². The Morgan fingerprint density at radius 3 is 2.42 bits per heavy atom. The molecule has 1 aromatic rings. The van der Waals surface area contributed by atoms with E-state index < -0.39 is 0 Å². The summed E-state index contributed by atoms with van der Waals surface area (Å²) < 4.78 is 0. The third-order valence-corrected chi connectivity index (χ3v) is 4.02. The van der Waals surface area contributed by atoms with E-state index in [4.69, 9.17) is 0 Å². The number of nitrogens with one attached hydrogen (secondary N) is 1. The lowest BCUT2D eigenvalue weighted by atomic mass is 9.97. The van der Waals surface area contributed by atoms with Crippen molar-refractivity contribution in [2.75, 3.05) is 18.0 Å². The molecule has 2 rings (SSSR count). The summed E-state index contributed by atoms with van der Waals surface area (Å²) >= 11 is 0. The lowest BCUT2D eigenvalue weighted by molar-refractivity contribution is 0.309. The molecule has 0 aromatic carbocycles. The summed E-state index contributed by atoms with van der Waals surface area (Å²) in [5.74, 6) is 1.58. The zero-order valence-corrected chi connectivity index (χ0v) is 12.3. The smallest absolute Gasteiger partial charge is 0.225 e. The second-order valence-electron chi connectivity index (χ2n) is 5.74. The molecule has 2 heterocycles. The van der Waals surface area contributed by atoms with E-state index in [9.17, 15) is 0 Å². The summed E-state index contributed by atoms with van der Waals surface area (Å²) in [6.45, 7) is 8.97. The van der Waals surface area contributed by atoms with E-state index in [1.165, 1.54) is 19.3 Å². The molecule has 1 aliphatic rings. The van der Waals surface area contributed by atoms with Gasteiger partial charge in [-0.25, -0.2) is 9.97 Å². The quantitative estimate of drug-likeness (QED) is 0.885. The van der Waals surface area contributed by atoms with Gasteiger partial charge in [-0.2, -0.15) is 0 Å². The lowest BCUT2D eigenvalue weighted by Crippen LogP contribution is -2.47. The normalized spacial score (nSPS) is 18.8. The Hall–Kier alpha value is -1.16. The van der Waals surface area contributed by atoms with Crippen LogP contribution >= 0.6 is 0 Å². The molecule has 1 aromatic heterocycles. The third kappa shape index (κ3) is 3.90. The molecule has 1 saturated heterocycles. The average molecular weight is 262 g/mol. The first-order chi connectivity index (χ1) is 9.20. The molecule has 0 spiro atoms. The van der Waals surface area contributed by atoms with Crippen molar-refractivity contribution in [3.63, 3.8) is 0 Å². The van der Waals surface area contributed by atoms with E-state index in [0.717, 1.165) is 19.0 Å². The van der Waals surface area contributed by atoms with E-state index in [-0.39, 0.29) is 0 Å². The Morgan fingerprint density at radius 2 is 1.89 bits per heavy atom. The molecule has 1 N–H and O–H groups in total. The number of hydrogen-bond donors (Lipinski definition) is 1. The largest absolute Gasteiger partial charge is 0.341 e. The fourth-order valence-corrected chi connectivity index (χ4v) is 2.79. The number of nitrogens with zero attached hydrogens (tertiary/aromatic N) is 3. The van der Waals surface area contributed by atoms with Crippen molar-refractivity contribution in [2.24, 2.45) is 5.92 Å². The van der Waals surface area contributed by atoms with Crippen LogP contribution in [-0.2, 0) is 0 Å². The van der Waals surface area contributed by atoms with Crippen molar-refractivity contribution in [3.8, 4) is 0 Å². The van der Waals surface area contributed by atoms with Gasteiger partial charge in [0.2, 0.25) is 5.95 Å². The second kappa shape index (κ2) is 6.85. The van der Waals surface area contributed by atoms with Gasteiger partial charge in [0.1, 0.15) is 0 Å². The van der Waals surface area contributed by atoms with Crippen molar-refractivity contribution >= 4 is 5.95 Å². The highest BCUT2D eigenvalue weighted by Crippen LogP contribution is 2.17. The number of anilines is 1. The molecular formula is C15H26N4. The van der Waals surface area contributed by atoms with E-state index in [1.54, 1.807) is 0 Å². The molecule has 1 unspecified atom stereocenters. The summed E-state index contributed by atoms with van der Waals surface area (Å²) in [5, 5.41) is 3.81. The van der Waals surface area contributed by atoms with Crippen LogP contribution in [0.3, 0.4) is 0 Å². The van der Waals surface area contributed by atoms with Crippen molar-refractivity contribution < 1.29 is 0 Å². The maximum absolute atomic E-state index is 4.33. The van der Waals surface area contributed by atoms with Gasteiger partial charge >= 0.3 is 0 Å². The Labute approximate surface area is 116 Å². The van der Waals surface area contributed by atoms with Gasteiger partial charge in [0.25, 0.3) is 0 Å². The van der Waals surface area contributed by atoms with Crippen LogP contribution < -0.4 is 10.2 Å². The summed E-state index contributed by atoms with van der Waals surface area (Å²) in [6.07, 6.45) is 7.21. The van der Waals surface area contributed by atoms with Gasteiger partial charge in [0.05, 0.1) is 0 Å². The molecule has 1 fully saturated rings. The number of rotatable bonds is 5. The Bertz CT molecular complexity index is 358. The molecular weight excluding hydrogens is 236 g/mol. The van der Waals surface area contributed by atoms with Gasteiger partial charge in [0, 0.05) is 37.6 Å². The van der Waals surface area contributed by atoms with E-state index in [2.05, 4.69) is 41.0 Å². The van der Waals surface area contributed by atoms with Gasteiger partial charge in [-0.3, -0.25) is 0 Å². The maximum Gasteiger partial charge on any atom is 0.225 e. The predicted octanol–water partition coefficient (Wildman–Crippen LogP) is 2.47. The van der Waals surface area contributed by atoms with Crippen LogP contribution in [-0.4, -0.2) is 35.1 Å². The monoisotopic (exact) mass is 262 g/mol. The molecule has 0 radical (unpaired) electrons. The summed E-state index contributed by atoms with van der Waals surface area (Å²) in [7, 11) is 0. The Balaban J connectivity index is 1.82. The van der Waals surface area contributed by atoms with Gasteiger partial charge in [-0.1, -0.05) is 20.8 Å². The molecule has 0 amide bonds. The van der Waals surface area contributed by atoms with Gasteiger partial charge < -0.3 is 10.2 Å². The standard InChI is InChI=1S/C15H26N4/c1-4-14(12(2)3)18-13-6-10-19(11-7-13)15-16-8-5-9-17-15/h5,8-9,12-14,18H,4,6-7,10-11H2,1-3H3. The van der Waals surface area contributed by atoms with Crippen LogP contribution in [0.5, 0.6) is 0 Å². The highest BCUT2D eigenvalue weighted by molar-refractivity contribution is 5.29. The van der Waals surface area contributed by atoms with Crippen LogP contribution in [0.15, 0.2) is 18.5 Å². The maximum atomic E-state index is 4.33. The van der Waals surface area contributed by atoms with Crippen molar-refractivity contribution in [3.05, 3.63) is 18.5 Å². The first-order valence-electron chi connectivity index (χ1n) is 7.48. The highest BCUT2D eigenvalue weighted by Gasteiger charge is 2.23. The third-order valence-electron chi connectivity index (χ3n) is 4.02. The molecule has 4 heteroatoms. The molecule has 1 atom stereocenters. The van der Waals surface area contributed by atoms with Crippen LogP contribution in [0.1, 0.15) is 40.0 Å². The van der Waals surface area contributed by atoms with E-state index in [0.29, 0.717) is 18.0 Å². The molecule has 4 nitrogen and oxygen atoms in total. The summed E-state index contributed by atoms with van der Waals surface area (Å²) in [6, 6.07) is 3.16. The second-order valence-corrected chi connectivity index (χ2v) is 5.74. The topological polar surface area (TPSA) is 41.0 Å². The van der Waals surface area contributed by atoms with Crippen molar-refractivity contribution in [1.29, 1.82) is 0 Å². The molecule has 0 aliphatic carbocycles. The lowest BCUT2D eigenvalue weighted by Gasteiger charge is -2.35. The predicted molar refractivity (Wildman–Crippen MR) is 79.3 cm³/mol. The molecule has 106 valence electrons. The van der Waals surface area contributed by atoms with Crippen LogP contribution in [0.2, 0.25) is 0 Å². The Kier molecular flexibility index (Phi) is 5.14. The van der Waals surface area contributed by atoms with E-state index in [1.807, 2.05) is 18.5 Å². The van der Waals surface area contributed by atoms with Gasteiger partial charge in [0.15, 0.2) is 0 Å². The summed E-state index contributed by atoms with van der Waals surface area (Å²) in [5.41, 5.74) is 0. The highest BCUT2D eigenvalue weighted by atomic mass is 15.3. The first-order valence-corrected chi connectivity index (χ1v) is 7.48. The SMILES string of the molecule is CCC(NC1CCN(c2ncccn2)CC1)C(C)C. The Morgan fingerprint density at radius 1 is 1.26 bits per heavy atom. The molecule has 19 heavy (non-hydrogen) atoms. The minimum Gasteiger partial charge on any atom is -0.341 e. The van der Waals surface area contributed by atoms with Gasteiger partial charge in [-0.05, 0) is 31.2 Å². The first kappa shape index (κ1) is 14.3. The minimum atomic E-state index is 0.643. The average Bonchev–Trinajstić information content (AvgIpc) is 2.46. The molecule has 0 saturated carbocycles. The molecule has 0 bridgehead atoms. The van der Waals surface area contributed by atoms with E-state index >= 15 is 0 Å². The number of piperidine rings is 1. The van der Waals surface area contributed by atoms with Crippen LogP contribution in [0.25, 0.3) is 0 Å². The number of aromatic nitrogens is 2. The van der Waals surface area contributed by atoms with Crippen LogP contribution in [0, 0.1) is 5.92 Å². The van der Waals surface area contributed by atoms with Crippen molar-refractivity contribution in [1.82, 2.24) is 15.3 Å². The number of hydrogen-bond acceptors (Lipinski definition) is 4. The fourth-order valence-electron chi connectivity index (χ4n) is 2.79. The summed E-state index contributed by atoms with van der Waals surface area (Å²) in [4.78, 5) is 10.9. The zero-order chi connectivity index (χ0) is 13.7. The zero-order valence-electron chi connectivity index (χ0n) is 12.3. The molecule has 1 aliphatic heterocycles. The minimum absolute atomic E-state index is 0.643. The van der Waals surface area contributed by atoms with Crippen molar-refractivity contribution in [2.45, 2.75) is 52.1 Å².